The number of ketones is 1. The molecule has 4 saturated carbocycles. The van der Waals surface area contributed by atoms with Crippen LogP contribution in [0.2, 0.25) is 0 Å². The van der Waals surface area contributed by atoms with Crippen LogP contribution in [0.25, 0.3) is 10.9 Å². The van der Waals surface area contributed by atoms with Gasteiger partial charge >= 0.3 is 5.97 Å². The van der Waals surface area contributed by atoms with Crippen LogP contribution >= 0.6 is 11.3 Å². The number of rotatable bonds is 7. The van der Waals surface area contributed by atoms with Crippen LogP contribution in [0.4, 0.5) is 0 Å². The average Bonchev–Trinajstić information content (AvgIpc) is 3.61. The summed E-state index contributed by atoms with van der Waals surface area (Å²) in [6.07, 6.45) is 11.8. The first-order chi connectivity index (χ1) is 17.5. The number of thiazole rings is 1. The largest absolute Gasteiger partial charge is 0.454 e. The quantitative estimate of drug-likeness (QED) is 0.282. The van der Waals surface area contributed by atoms with Gasteiger partial charge in [0.1, 0.15) is 12.3 Å². The van der Waals surface area contributed by atoms with E-state index in [0.29, 0.717) is 16.7 Å². The van der Waals surface area contributed by atoms with Gasteiger partial charge < -0.3 is 9.72 Å². The number of carbonyl (C=O) groups excluding carboxylic acids is 2. The number of benzene rings is 1. The number of ether oxygens (including phenoxy) is 1. The fourth-order valence-corrected chi connectivity index (χ4v) is 8.11. The van der Waals surface area contributed by atoms with Crippen molar-refractivity contribution < 1.29 is 14.3 Å². The van der Waals surface area contributed by atoms with Crippen molar-refractivity contribution in [1.82, 2.24) is 25.0 Å². The first-order valence-corrected chi connectivity index (χ1v) is 13.5. The predicted octanol–water partition coefficient (Wildman–Crippen LogP) is 5.02. The zero-order valence-electron chi connectivity index (χ0n) is 19.9. The first-order valence-electron chi connectivity index (χ1n) is 12.7. The molecule has 4 aliphatic rings. The van der Waals surface area contributed by atoms with Gasteiger partial charge in [0, 0.05) is 29.0 Å². The highest BCUT2D eigenvalue weighted by Gasteiger charge is 2.51. The summed E-state index contributed by atoms with van der Waals surface area (Å²) in [7, 11) is 0. The Morgan fingerprint density at radius 3 is 2.64 bits per heavy atom. The van der Waals surface area contributed by atoms with Crippen LogP contribution in [0.15, 0.2) is 42.0 Å². The summed E-state index contributed by atoms with van der Waals surface area (Å²) in [5.74, 6) is 1.90. The molecule has 9 heteroatoms. The molecule has 4 aliphatic carbocycles. The van der Waals surface area contributed by atoms with Gasteiger partial charge in [0.15, 0.2) is 10.7 Å². The molecule has 0 radical (unpaired) electrons. The third-order valence-electron chi connectivity index (χ3n) is 8.34. The van der Waals surface area contributed by atoms with E-state index < -0.39 is 5.97 Å². The summed E-state index contributed by atoms with van der Waals surface area (Å²) in [5, 5.41) is 11.2. The van der Waals surface area contributed by atoms with Gasteiger partial charge in [-0.05, 0) is 67.8 Å². The van der Waals surface area contributed by atoms with E-state index in [2.05, 4.69) is 20.3 Å². The van der Waals surface area contributed by atoms with Crippen molar-refractivity contribution >= 4 is 34.0 Å². The van der Waals surface area contributed by atoms with Gasteiger partial charge in [-0.2, -0.15) is 0 Å². The zero-order valence-corrected chi connectivity index (χ0v) is 20.7. The molecule has 3 aromatic heterocycles. The van der Waals surface area contributed by atoms with Crippen LogP contribution in [-0.4, -0.2) is 36.7 Å². The maximum absolute atomic E-state index is 13.0. The molecule has 8 rings (SSSR count). The molecule has 4 aromatic rings. The molecule has 0 saturated heterocycles. The third kappa shape index (κ3) is 3.86. The maximum atomic E-state index is 13.0. The smallest absolute Gasteiger partial charge is 0.358 e. The lowest BCUT2D eigenvalue weighted by Gasteiger charge is -2.56. The first kappa shape index (κ1) is 21.9. The standard InChI is InChI=1S/C27H27N5O3S/c33-24(21-11-28-22-4-2-1-3-20(21)22)25-29-23(14-36-25)26(34)35-13-19-12-32(31-30-19)15-27-8-16-5-17(9-27)7-18(6-16)10-27/h1-4,11-12,14,16-18,28H,5-10,13,15H2. The van der Waals surface area contributed by atoms with E-state index in [1.54, 1.807) is 11.6 Å². The van der Waals surface area contributed by atoms with Gasteiger partial charge in [0.05, 0.1) is 11.8 Å². The number of esters is 1. The van der Waals surface area contributed by atoms with Crippen molar-refractivity contribution in [2.75, 3.05) is 0 Å². The van der Waals surface area contributed by atoms with Crippen LogP contribution in [-0.2, 0) is 17.9 Å². The van der Waals surface area contributed by atoms with E-state index in [9.17, 15) is 9.59 Å². The van der Waals surface area contributed by atoms with Crippen molar-refractivity contribution in [2.45, 2.75) is 51.7 Å². The van der Waals surface area contributed by atoms with E-state index in [1.165, 1.54) is 38.5 Å². The molecular formula is C27H27N5O3S. The van der Waals surface area contributed by atoms with Gasteiger partial charge in [-0.15, -0.1) is 16.4 Å². The van der Waals surface area contributed by atoms with Gasteiger partial charge in [0.25, 0.3) is 0 Å². The molecule has 1 aromatic carbocycles. The molecule has 4 bridgehead atoms. The number of nitrogens with one attached hydrogen (secondary N) is 1. The zero-order chi connectivity index (χ0) is 24.3. The molecule has 1 N–H and O–H groups in total. The number of aromatic nitrogens is 5. The van der Waals surface area contributed by atoms with Gasteiger partial charge in [-0.25, -0.2) is 9.78 Å². The third-order valence-corrected chi connectivity index (χ3v) is 9.18. The second-order valence-electron chi connectivity index (χ2n) is 11.0. The second kappa shape index (κ2) is 8.37. The Hall–Kier alpha value is -3.33. The minimum atomic E-state index is -0.570. The van der Waals surface area contributed by atoms with Crippen LogP contribution in [0.1, 0.15) is 70.1 Å². The molecule has 0 aliphatic heterocycles. The molecule has 3 heterocycles. The van der Waals surface area contributed by atoms with Crippen LogP contribution < -0.4 is 0 Å². The highest BCUT2D eigenvalue weighted by atomic mass is 32.1. The van der Waals surface area contributed by atoms with E-state index in [1.807, 2.05) is 35.1 Å². The number of fused-ring (bicyclic) bond motifs is 1. The Morgan fingerprint density at radius 2 is 1.86 bits per heavy atom. The predicted molar refractivity (Wildman–Crippen MR) is 134 cm³/mol. The number of para-hydroxylation sites is 1. The summed E-state index contributed by atoms with van der Waals surface area (Å²) in [4.78, 5) is 32.9. The van der Waals surface area contributed by atoms with Crippen LogP contribution in [0.3, 0.4) is 0 Å². The molecule has 0 amide bonds. The van der Waals surface area contributed by atoms with E-state index >= 15 is 0 Å². The Kier molecular flexibility index (Phi) is 5.09. The number of hydrogen-bond donors (Lipinski definition) is 1. The monoisotopic (exact) mass is 501 g/mol. The molecule has 36 heavy (non-hydrogen) atoms. The molecule has 0 unspecified atom stereocenters. The molecule has 184 valence electrons. The fourth-order valence-electron chi connectivity index (χ4n) is 7.37. The SMILES string of the molecule is O=C(OCc1cn(CC23CC4CC(CC(C4)C2)C3)nn1)c1csc(C(=O)c2c[nH]c3ccccc23)n1. The Labute approximate surface area is 212 Å². The number of hydrogen-bond acceptors (Lipinski definition) is 7. The van der Waals surface area contributed by atoms with E-state index in [4.69, 9.17) is 4.74 Å². The van der Waals surface area contributed by atoms with Crippen molar-refractivity contribution in [3.8, 4) is 0 Å². The number of carbonyl (C=O) groups is 2. The summed E-state index contributed by atoms with van der Waals surface area (Å²) in [5.41, 5.74) is 2.54. The summed E-state index contributed by atoms with van der Waals surface area (Å²) >= 11 is 1.14. The van der Waals surface area contributed by atoms with Crippen molar-refractivity contribution in [3.05, 3.63) is 64.0 Å². The van der Waals surface area contributed by atoms with E-state index in [-0.39, 0.29) is 23.1 Å². The highest BCUT2D eigenvalue weighted by molar-refractivity contribution is 7.12. The summed E-state index contributed by atoms with van der Waals surface area (Å²) in [6.45, 7) is 0.936. The Bertz CT molecular complexity index is 1430. The molecular weight excluding hydrogens is 474 g/mol. The van der Waals surface area contributed by atoms with Gasteiger partial charge in [-0.1, -0.05) is 23.4 Å². The van der Waals surface area contributed by atoms with E-state index in [0.717, 1.165) is 46.5 Å². The second-order valence-corrected chi connectivity index (χ2v) is 11.9. The van der Waals surface area contributed by atoms with Gasteiger partial charge in [-0.3, -0.25) is 9.48 Å². The van der Waals surface area contributed by atoms with Crippen molar-refractivity contribution in [1.29, 1.82) is 0 Å². The summed E-state index contributed by atoms with van der Waals surface area (Å²) < 4.78 is 7.39. The summed E-state index contributed by atoms with van der Waals surface area (Å²) in [6, 6.07) is 7.59. The normalized spacial score (nSPS) is 26.5. The number of H-pyrrole nitrogens is 1. The lowest BCUT2D eigenvalue weighted by molar-refractivity contribution is -0.0637. The van der Waals surface area contributed by atoms with Crippen LogP contribution in [0.5, 0.6) is 0 Å². The minimum Gasteiger partial charge on any atom is -0.454 e. The average molecular weight is 502 g/mol. The van der Waals surface area contributed by atoms with Gasteiger partial charge in [0.2, 0.25) is 5.78 Å². The van der Waals surface area contributed by atoms with Crippen molar-refractivity contribution in [3.63, 3.8) is 0 Å². The fraction of sp³-hybridized carbons (Fsp3) is 0.444. The van der Waals surface area contributed by atoms with Crippen molar-refractivity contribution in [2.24, 2.45) is 23.2 Å². The maximum Gasteiger partial charge on any atom is 0.358 e. The number of aromatic amines is 1. The lowest BCUT2D eigenvalue weighted by atomic mass is 9.49. The topological polar surface area (TPSA) is 103 Å². The lowest BCUT2D eigenvalue weighted by Crippen LogP contribution is -2.48. The molecule has 0 atom stereocenters. The van der Waals surface area contributed by atoms with Crippen LogP contribution in [0, 0.1) is 23.2 Å². The molecule has 0 spiro atoms. The Morgan fingerprint density at radius 1 is 1.11 bits per heavy atom. The molecule has 4 fully saturated rings. The number of nitrogens with zero attached hydrogens (tertiary/aromatic N) is 4. The highest BCUT2D eigenvalue weighted by Crippen LogP contribution is 2.60. The minimum absolute atomic E-state index is 0.0307. The molecule has 8 nitrogen and oxygen atoms in total. The Balaban J connectivity index is 0.985.